The van der Waals surface area contributed by atoms with Gasteiger partial charge in [0.25, 0.3) is 0 Å². The molecular weight excluding hydrogens is 160 g/mol. The third-order valence-corrected chi connectivity index (χ3v) is 3.99. The first-order chi connectivity index (χ1) is 4.68. The highest BCUT2D eigenvalue weighted by Crippen LogP contribution is 2.18. The van der Waals surface area contributed by atoms with Gasteiger partial charge in [-0.05, 0) is 12.2 Å². The monoisotopic (exact) mass is 178 g/mol. The van der Waals surface area contributed by atoms with E-state index in [2.05, 4.69) is 38.8 Å². The van der Waals surface area contributed by atoms with Gasteiger partial charge < -0.3 is 0 Å². The van der Waals surface area contributed by atoms with Crippen LogP contribution in [0.5, 0.6) is 0 Å². The molecule has 0 amide bonds. The van der Waals surface area contributed by atoms with Crippen molar-refractivity contribution in [2.45, 2.75) is 26.0 Å². The largest absolute Gasteiger partial charge is 0.165 e. The molecule has 0 rings (SSSR count). The van der Waals surface area contributed by atoms with Crippen molar-refractivity contribution in [2.24, 2.45) is 5.92 Å². The van der Waals surface area contributed by atoms with Crippen LogP contribution < -0.4 is 0 Å². The lowest BCUT2D eigenvalue weighted by atomic mass is 10.2. The molecule has 0 saturated heterocycles. The Labute approximate surface area is 73.5 Å². The molecule has 0 radical (unpaired) electrons. The van der Waals surface area contributed by atoms with Crippen molar-refractivity contribution in [1.29, 1.82) is 0 Å². The summed E-state index contributed by atoms with van der Waals surface area (Å²) in [5.74, 6) is 3.43. The highest BCUT2D eigenvalue weighted by Gasteiger charge is 2.05. The molecule has 0 aromatic heterocycles. The maximum Gasteiger partial charge on any atom is 0.00420 e. The molecule has 0 heterocycles. The van der Waals surface area contributed by atoms with Gasteiger partial charge in [0.2, 0.25) is 0 Å². The minimum Gasteiger partial charge on any atom is -0.165 e. The van der Waals surface area contributed by atoms with Gasteiger partial charge in [-0.3, -0.25) is 0 Å². The van der Waals surface area contributed by atoms with E-state index in [1.165, 1.54) is 11.5 Å². The first-order valence-corrected chi connectivity index (χ1v) is 6.23. The summed E-state index contributed by atoms with van der Waals surface area (Å²) < 4.78 is 0. The Hall–Kier alpha value is 0.700. The van der Waals surface area contributed by atoms with Crippen molar-refractivity contribution in [1.82, 2.24) is 0 Å². The van der Waals surface area contributed by atoms with Crippen LogP contribution in [0.25, 0.3) is 0 Å². The first-order valence-electron chi connectivity index (χ1n) is 3.79. The third kappa shape index (κ3) is 5.48. The molecule has 0 nitrogen and oxygen atoms in total. The Morgan fingerprint density at radius 3 is 2.10 bits per heavy atom. The molecule has 1 unspecified atom stereocenters. The van der Waals surface area contributed by atoms with E-state index in [0.29, 0.717) is 0 Å². The summed E-state index contributed by atoms with van der Waals surface area (Å²) in [6.45, 7) is 6.89. The SMILES string of the molecule is CSCCSC(C)C(C)C. The van der Waals surface area contributed by atoms with Gasteiger partial charge in [-0.1, -0.05) is 20.8 Å². The van der Waals surface area contributed by atoms with Gasteiger partial charge in [0.15, 0.2) is 0 Å². The quantitative estimate of drug-likeness (QED) is 0.593. The fourth-order valence-electron chi connectivity index (χ4n) is 0.510. The maximum absolute atomic E-state index is 2.32. The lowest BCUT2D eigenvalue weighted by molar-refractivity contribution is 0.642. The topological polar surface area (TPSA) is 0 Å². The van der Waals surface area contributed by atoms with Crippen LogP contribution in [0, 0.1) is 5.92 Å². The average Bonchev–Trinajstić information content (AvgIpc) is 1.88. The Morgan fingerprint density at radius 2 is 1.70 bits per heavy atom. The predicted octanol–water partition coefficient (Wildman–Crippen LogP) is 3.13. The Morgan fingerprint density at radius 1 is 1.10 bits per heavy atom. The van der Waals surface area contributed by atoms with Crippen LogP contribution in [0.2, 0.25) is 0 Å². The molecule has 0 bridgehead atoms. The normalized spacial score (nSPS) is 14.1. The summed E-state index contributed by atoms with van der Waals surface area (Å²) in [7, 11) is 0. The lowest BCUT2D eigenvalue weighted by Crippen LogP contribution is -2.06. The number of hydrogen-bond acceptors (Lipinski definition) is 2. The summed E-state index contributed by atoms with van der Waals surface area (Å²) >= 11 is 4.02. The van der Waals surface area contributed by atoms with E-state index in [1.807, 2.05) is 11.8 Å². The molecule has 0 aliphatic rings. The van der Waals surface area contributed by atoms with Crippen molar-refractivity contribution < 1.29 is 0 Å². The zero-order valence-electron chi connectivity index (χ0n) is 7.39. The van der Waals surface area contributed by atoms with Crippen molar-refractivity contribution in [3.8, 4) is 0 Å². The highest BCUT2D eigenvalue weighted by atomic mass is 32.2. The molecule has 0 aromatic rings. The van der Waals surface area contributed by atoms with Crippen LogP contribution in [-0.2, 0) is 0 Å². The first kappa shape index (κ1) is 10.7. The van der Waals surface area contributed by atoms with E-state index >= 15 is 0 Å². The lowest BCUT2D eigenvalue weighted by Gasteiger charge is -2.13. The van der Waals surface area contributed by atoms with Crippen molar-refractivity contribution in [2.75, 3.05) is 17.8 Å². The van der Waals surface area contributed by atoms with E-state index in [-0.39, 0.29) is 0 Å². The summed E-state index contributed by atoms with van der Waals surface area (Å²) in [6, 6.07) is 0. The maximum atomic E-state index is 2.32. The third-order valence-electron chi connectivity index (χ3n) is 1.61. The molecule has 10 heavy (non-hydrogen) atoms. The van der Waals surface area contributed by atoms with E-state index in [4.69, 9.17) is 0 Å². The van der Waals surface area contributed by atoms with Gasteiger partial charge in [0, 0.05) is 16.8 Å². The molecule has 0 N–H and O–H groups in total. The van der Waals surface area contributed by atoms with Gasteiger partial charge in [0.1, 0.15) is 0 Å². The zero-order chi connectivity index (χ0) is 7.98. The highest BCUT2D eigenvalue weighted by molar-refractivity contribution is 8.02. The fraction of sp³-hybridized carbons (Fsp3) is 1.00. The smallest absolute Gasteiger partial charge is 0.00420 e. The summed E-state index contributed by atoms with van der Waals surface area (Å²) in [4.78, 5) is 0. The van der Waals surface area contributed by atoms with Gasteiger partial charge in [-0.15, -0.1) is 0 Å². The second-order valence-electron chi connectivity index (χ2n) is 2.81. The summed E-state index contributed by atoms with van der Waals surface area (Å²) in [5.41, 5.74) is 0. The Balaban J connectivity index is 3.13. The van der Waals surface area contributed by atoms with Crippen LogP contribution in [0.3, 0.4) is 0 Å². The van der Waals surface area contributed by atoms with Crippen LogP contribution in [0.4, 0.5) is 0 Å². The molecular formula is C8H18S2. The van der Waals surface area contributed by atoms with E-state index < -0.39 is 0 Å². The van der Waals surface area contributed by atoms with Gasteiger partial charge in [-0.2, -0.15) is 23.5 Å². The Bertz CT molecular complexity index is 71.7. The van der Waals surface area contributed by atoms with Crippen LogP contribution in [0.1, 0.15) is 20.8 Å². The van der Waals surface area contributed by atoms with Crippen LogP contribution in [0.15, 0.2) is 0 Å². The number of hydrogen-bond donors (Lipinski definition) is 0. The molecule has 0 aliphatic heterocycles. The van der Waals surface area contributed by atoms with Crippen molar-refractivity contribution in [3.05, 3.63) is 0 Å². The molecule has 1 atom stereocenters. The standard InChI is InChI=1S/C8H18S2/c1-7(2)8(3)10-6-5-9-4/h7-8H,5-6H2,1-4H3. The second-order valence-corrected chi connectivity index (χ2v) is 5.28. The predicted molar refractivity (Wildman–Crippen MR) is 55.1 cm³/mol. The molecule has 0 fully saturated rings. The van der Waals surface area contributed by atoms with Gasteiger partial charge in [-0.25, -0.2) is 0 Å². The molecule has 0 saturated carbocycles. The van der Waals surface area contributed by atoms with Gasteiger partial charge >= 0.3 is 0 Å². The van der Waals surface area contributed by atoms with Crippen LogP contribution >= 0.6 is 23.5 Å². The number of rotatable bonds is 5. The van der Waals surface area contributed by atoms with Crippen LogP contribution in [-0.4, -0.2) is 23.0 Å². The van der Waals surface area contributed by atoms with E-state index in [0.717, 1.165) is 11.2 Å². The molecule has 0 spiro atoms. The van der Waals surface area contributed by atoms with E-state index in [9.17, 15) is 0 Å². The summed E-state index contributed by atoms with van der Waals surface area (Å²) in [6.07, 6.45) is 2.17. The summed E-state index contributed by atoms with van der Waals surface area (Å²) in [5, 5.41) is 0.826. The zero-order valence-corrected chi connectivity index (χ0v) is 9.02. The number of thioether (sulfide) groups is 2. The molecule has 2 heteroatoms. The molecule has 0 aliphatic carbocycles. The van der Waals surface area contributed by atoms with Crippen molar-refractivity contribution in [3.63, 3.8) is 0 Å². The van der Waals surface area contributed by atoms with E-state index in [1.54, 1.807) is 0 Å². The van der Waals surface area contributed by atoms with Gasteiger partial charge in [0.05, 0.1) is 0 Å². The van der Waals surface area contributed by atoms with Crippen molar-refractivity contribution >= 4 is 23.5 Å². The fourth-order valence-corrected chi connectivity index (χ4v) is 2.32. The second kappa shape index (κ2) is 6.41. The minimum atomic E-state index is 0.826. The average molecular weight is 178 g/mol. The minimum absolute atomic E-state index is 0.826. The Kier molecular flexibility index (Phi) is 6.86. The molecule has 0 aromatic carbocycles. The molecule has 62 valence electrons.